The predicted octanol–water partition coefficient (Wildman–Crippen LogP) is 2.52. The maximum atomic E-state index is 11.1. The Balaban J connectivity index is 1.58. The number of hydrogen-bond donors (Lipinski definition) is 2. The minimum Gasteiger partial charge on any atom is -0.476 e. The monoisotopic (exact) mass is 398 g/mol. The van der Waals surface area contributed by atoms with Crippen molar-refractivity contribution < 1.29 is 9.90 Å². The standard InChI is InChI=1S/C19H22N6O2S/c1-2-13(20)16-21-14-6-4-3-5-12(14)17(23-16)24-7-9-25(10-8-24)19-22-15(11-28-19)18(26)27/h3-6,11,13H,2,7-10,20H2,1H3,(H,26,27). The van der Waals surface area contributed by atoms with Crippen molar-refractivity contribution in [2.75, 3.05) is 36.0 Å². The Bertz CT molecular complexity index is 999. The lowest BCUT2D eigenvalue weighted by Gasteiger charge is -2.35. The number of nitrogens with two attached hydrogens (primary N) is 1. The fourth-order valence-corrected chi connectivity index (χ4v) is 4.14. The van der Waals surface area contributed by atoms with Gasteiger partial charge in [0.25, 0.3) is 0 Å². The number of rotatable bonds is 5. The molecule has 1 saturated heterocycles. The van der Waals surface area contributed by atoms with Gasteiger partial charge in [-0.3, -0.25) is 0 Å². The van der Waals surface area contributed by atoms with Crippen molar-refractivity contribution in [1.82, 2.24) is 15.0 Å². The first-order valence-electron chi connectivity index (χ1n) is 9.27. The van der Waals surface area contributed by atoms with Gasteiger partial charge in [-0.2, -0.15) is 0 Å². The number of hydrogen-bond acceptors (Lipinski definition) is 8. The van der Waals surface area contributed by atoms with Gasteiger partial charge < -0.3 is 20.6 Å². The Hall–Kier alpha value is -2.78. The minimum atomic E-state index is -0.992. The zero-order valence-electron chi connectivity index (χ0n) is 15.6. The fourth-order valence-electron chi connectivity index (χ4n) is 3.28. The van der Waals surface area contributed by atoms with Crippen LogP contribution in [0.4, 0.5) is 10.9 Å². The number of carboxylic acids is 1. The summed E-state index contributed by atoms with van der Waals surface area (Å²) in [4.78, 5) is 29.1. The number of nitrogens with zero attached hydrogens (tertiary/aromatic N) is 5. The molecule has 0 bridgehead atoms. The van der Waals surface area contributed by atoms with E-state index >= 15 is 0 Å². The van der Waals surface area contributed by atoms with Crippen molar-refractivity contribution in [2.24, 2.45) is 5.73 Å². The van der Waals surface area contributed by atoms with Gasteiger partial charge in [-0.1, -0.05) is 19.1 Å². The molecule has 0 amide bonds. The zero-order chi connectivity index (χ0) is 19.7. The summed E-state index contributed by atoms with van der Waals surface area (Å²) in [7, 11) is 0. The van der Waals surface area contributed by atoms with Crippen LogP contribution in [0.15, 0.2) is 29.6 Å². The van der Waals surface area contributed by atoms with Crippen molar-refractivity contribution >= 4 is 39.2 Å². The number of benzene rings is 1. The van der Waals surface area contributed by atoms with Crippen molar-refractivity contribution in [3.63, 3.8) is 0 Å². The minimum absolute atomic E-state index is 0.0995. The molecular weight excluding hydrogens is 376 g/mol. The molecule has 3 aromatic rings. The van der Waals surface area contributed by atoms with Crippen LogP contribution in [-0.2, 0) is 0 Å². The summed E-state index contributed by atoms with van der Waals surface area (Å²) in [6.45, 7) is 5.06. The van der Waals surface area contributed by atoms with E-state index in [-0.39, 0.29) is 11.7 Å². The summed E-state index contributed by atoms with van der Waals surface area (Å²) in [6, 6.07) is 7.81. The van der Waals surface area contributed by atoms with Gasteiger partial charge in [0.2, 0.25) is 0 Å². The molecule has 1 aliphatic rings. The molecule has 1 aromatic carbocycles. The van der Waals surface area contributed by atoms with E-state index in [1.54, 1.807) is 5.38 Å². The SMILES string of the molecule is CCC(N)c1nc(N2CCN(c3nc(C(=O)O)cs3)CC2)c2ccccc2n1. The van der Waals surface area contributed by atoms with E-state index in [1.165, 1.54) is 11.3 Å². The van der Waals surface area contributed by atoms with Gasteiger partial charge >= 0.3 is 5.97 Å². The average molecular weight is 398 g/mol. The second-order valence-corrected chi connectivity index (χ2v) is 7.57. The van der Waals surface area contributed by atoms with Gasteiger partial charge in [0.1, 0.15) is 11.6 Å². The average Bonchev–Trinajstić information content (AvgIpc) is 3.23. The van der Waals surface area contributed by atoms with Crippen LogP contribution in [0.5, 0.6) is 0 Å². The summed E-state index contributed by atoms with van der Waals surface area (Å²) in [5.41, 5.74) is 7.20. The van der Waals surface area contributed by atoms with E-state index in [1.807, 2.05) is 31.2 Å². The molecular formula is C19H22N6O2S. The first-order valence-corrected chi connectivity index (χ1v) is 10.2. The Kier molecular flexibility index (Phi) is 5.10. The lowest BCUT2D eigenvalue weighted by molar-refractivity contribution is 0.0691. The summed E-state index contributed by atoms with van der Waals surface area (Å²) in [5.74, 6) is 0.590. The molecule has 1 aliphatic heterocycles. The van der Waals surface area contributed by atoms with Crippen LogP contribution in [0.3, 0.4) is 0 Å². The fraction of sp³-hybridized carbons (Fsp3) is 0.368. The normalized spacial score (nSPS) is 15.8. The van der Waals surface area contributed by atoms with Crippen LogP contribution < -0.4 is 15.5 Å². The summed E-state index contributed by atoms with van der Waals surface area (Å²) < 4.78 is 0. The van der Waals surface area contributed by atoms with Gasteiger partial charge in [-0.15, -0.1) is 11.3 Å². The Morgan fingerprint density at radius 1 is 1.18 bits per heavy atom. The molecule has 1 unspecified atom stereocenters. The number of piperazine rings is 1. The van der Waals surface area contributed by atoms with Crippen LogP contribution in [0.25, 0.3) is 10.9 Å². The number of fused-ring (bicyclic) bond motifs is 1. The molecule has 2 aromatic heterocycles. The maximum Gasteiger partial charge on any atom is 0.355 e. The highest BCUT2D eigenvalue weighted by Gasteiger charge is 2.24. The third-order valence-corrected chi connectivity index (χ3v) is 5.83. The van der Waals surface area contributed by atoms with E-state index in [0.717, 1.165) is 54.5 Å². The molecule has 0 saturated carbocycles. The van der Waals surface area contributed by atoms with E-state index in [2.05, 4.69) is 19.8 Å². The Labute approximate surface area is 166 Å². The summed E-state index contributed by atoms with van der Waals surface area (Å²) in [5, 5.41) is 12.4. The lowest BCUT2D eigenvalue weighted by Crippen LogP contribution is -2.47. The molecule has 3 heterocycles. The largest absolute Gasteiger partial charge is 0.476 e. The Morgan fingerprint density at radius 3 is 2.57 bits per heavy atom. The molecule has 28 heavy (non-hydrogen) atoms. The number of thiazole rings is 1. The van der Waals surface area contributed by atoms with E-state index in [4.69, 9.17) is 15.8 Å². The second-order valence-electron chi connectivity index (χ2n) is 6.73. The van der Waals surface area contributed by atoms with E-state index in [9.17, 15) is 4.79 Å². The van der Waals surface area contributed by atoms with Crippen LogP contribution in [0.2, 0.25) is 0 Å². The highest BCUT2D eigenvalue weighted by molar-refractivity contribution is 7.13. The number of aromatic carboxylic acids is 1. The van der Waals surface area contributed by atoms with Gasteiger partial charge in [0, 0.05) is 36.9 Å². The van der Waals surface area contributed by atoms with Crippen molar-refractivity contribution in [3.8, 4) is 0 Å². The van der Waals surface area contributed by atoms with Crippen LogP contribution in [0, 0.1) is 0 Å². The molecule has 146 valence electrons. The molecule has 0 spiro atoms. The number of carboxylic acid groups (broad SMARTS) is 1. The highest BCUT2D eigenvalue weighted by atomic mass is 32.1. The van der Waals surface area contributed by atoms with E-state index in [0.29, 0.717) is 5.82 Å². The number of aromatic nitrogens is 3. The summed E-state index contributed by atoms with van der Waals surface area (Å²) in [6.07, 6.45) is 0.779. The molecule has 0 aliphatic carbocycles. The van der Waals surface area contributed by atoms with E-state index < -0.39 is 5.97 Å². The molecule has 4 rings (SSSR count). The third kappa shape index (κ3) is 3.50. The van der Waals surface area contributed by atoms with Crippen LogP contribution >= 0.6 is 11.3 Å². The van der Waals surface area contributed by atoms with Crippen molar-refractivity contribution in [1.29, 1.82) is 0 Å². The molecule has 8 nitrogen and oxygen atoms in total. The quantitative estimate of drug-likeness (QED) is 0.675. The number of para-hydroxylation sites is 1. The number of carbonyl (C=O) groups is 1. The van der Waals surface area contributed by atoms with Gasteiger partial charge in [-0.05, 0) is 18.6 Å². The maximum absolute atomic E-state index is 11.1. The molecule has 1 atom stereocenters. The third-order valence-electron chi connectivity index (χ3n) is 4.93. The Morgan fingerprint density at radius 2 is 1.89 bits per heavy atom. The van der Waals surface area contributed by atoms with Crippen molar-refractivity contribution in [3.05, 3.63) is 41.2 Å². The van der Waals surface area contributed by atoms with Gasteiger partial charge in [0.05, 0.1) is 11.6 Å². The topological polar surface area (TPSA) is 108 Å². The van der Waals surface area contributed by atoms with Crippen molar-refractivity contribution in [2.45, 2.75) is 19.4 Å². The van der Waals surface area contributed by atoms with Crippen LogP contribution in [-0.4, -0.2) is 52.2 Å². The highest BCUT2D eigenvalue weighted by Crippen LogP contribution is 2.28. The second kappa shape index (κ2) is 7.69. The van der Waals surface area contributed by atoms with Gasteiger partial charge in [0.15, 0.2) is 10.8 Å². The summed E-state index contributed by atoms with van der Waals surface area (Å²) >= 11 is 1.37. The molecule has 0 radical (unpaired) electrons. The smallest absolute Gasteiger partial charge is 0.355 e. The number of anilines is 2. The molecule has 3 N–H and O–H groups in total. The zero-order valence-corrected chi connectivity index (χ0v) is 16.4. The predicted molar refractivity (Wildman–Crippen MR) is 110 cm³/mol. The first-order chi connectivity index (χ1) is 13.6. The first kappa shape index (κ1) is 18.6. The molecule has 1 fully saturated rings. The molecule has 9 heteroatoms. The lowest BCUT2D eigenvalue weighted by atomic mass is 10.1. The van der Waals surface area contributed by atoms with Crippen LogP contribution in [0.1, 0.15) is 35.7 Å². The van der Waals surface area contributed by atoms with Gasteiger partial charge in [-0.25, -0.2) is 19.7 Å².